The van der Waals surface area contributed by atoms with Gasteiger partial charge in [0.05, 0.1) is 22.8 Å². The van der Waals surface area contributed by atoms with Crippen molar-refractivity contribution in [3.63, 3.8) is 0 Å². The third kappa shape index (κ3) is 2.22. The predicted molar refractivity (Wildman–Crippen MR) is 89.4 cm³/mol. The largest absolute Gasteiger partial charge is 0.504 e. The Kier molecular flexibility index (Phi) is 3.20. The Balaban J connectivity index is 1.93. The minimum absolute atomic E-state index is 0.0447. The summed E-state index contributed by atoms with van der Waals surface area (Å²) in [5.41, 5.74) is 5.37. The Hall–Kier alpha value is -2.60. The first kappa shape index (κ1) is 14.0. The Morgan fingerprint density at radius 1 is 1.35 bits per heavy atom. The predicted octanol–water partition coefficient (Wildman–Crippen LogP) is 3.48. The molecule has 0 fully saturated rings. The molecule has 0 aliphatic carbocycles. The van der Waals surface area contributed by atoms with E-state index in [1.54, 1.807) is 23.5 Å². The topological polar surface area (TPSA) is 71.5 Å². The van der Waals surface area contributed by atoms with Gasteiger partial charge in [0.15, 0.2) is 11.5 Å². The zero-order valence-corrected chi connectivity index (χ0v) is 13.2. The van der Waals surface area contributed by atoms with E-state index in [-0.39, 0.29) is 17.6 Å². The number of nitrogens with one attached hydrogen (secondary N) is 1. The van der Waals surface area contributed by atoms with Crippen molar-refractivity contribution in [1.29, 1.82) is 0 Å². The summed E-state index contributed by atoms with van der Waals surface area (Å²) in [6, 6.07) is 9.28. The average Bonchev–Trinajstić information content (AvgIpc) is 3.02. The fourth-order valence-corrected chi connectivity index (χ4v) is 3.96. The molecule has 1 atom stereocenters. The molecular formula is C17H14N2O3S. The van der Waals surface area contributed by atoms with Gasteiger partial charge in [0, 0.05) is 24.1 Å². The molecule has 0 bridgehead atoms. The van der Waals surface area contributed by atoms with E-state index >= 15 is 0 Å². The molecule has 0 saturated heterocycles. The number of hydrogen-bond donors (Lipinski definition) is 2. The van der Waals surface area contributed by atoms with Gasteiger partial charge in [0.25, 0.3) is 0 Å². The van der Waals surface area contributed by atoms with E-state index in [9.17, 15) is 9.90 Å². The molecule has 23 heavy (non-hydrogen) atoms. The third-order valence-electron chi connectivity index (χ3n) is 4.15. The summed E-state index contributed by atoms with van der Waals surface area (Å²) >= 11 is 1.57. The molecule has 4 rings (SSSR count). The lowest BCUT2D eigenvalue weighted by atomic mass is 9.84. The number of methoxy groups -OCH3 is 1. The molecule has 6 heteroatoms. The lowest BCUT2D eigenvalue weighted by Crippen LogP contribution is -2.23. The third-order valence-corrected chi connectivity index (χ3v) is 5.04. The molecule has 2 aromatic carbocycles. The van der Waals surface area contributed by atoms with Gasteiger partial charge in [-0.15, -0.1) is 11.3 Å². The molecule has 0 saturated carbocycles. The zero-order valence-electron chi connectivity index (χ0n) is 12.4. The number of carbonyl (C=O) groups excluding carboxylic acids is 1. The minimum atomic E-state index is -0.111. The van der Waals surface area contributed by atoms with Crippen LogP contribution < -0.4 is 10.1 Å². The monoisotopic (exact) mass is 326 g/mol. The molecule has 0 spiro atoms. The van der Waals surface area contributed by atoms with Gasteiger partial charge >= 0.3 is 0 Å². The van der Waals surface area contributed by atoms with E-state index in [2.05, 4.69) is 10.3 Å². The number of hydrogen-bond acceptors (Lipinski definition) is 5. The van der Waals surface area contributed by atoms with Crippen LogP contribution in [0.3, 0.4) is 0 Å². The van der Waals surface area contributed by atoms with Gasteiger partial charge in [-0.1, -0.05) is 12.1 Å². The Morgan fingerprint density at radius 3 is 3.04 bits per heavy atom. The van der Waals surface area contributed by atoms with Gasteiger partial charge in [-0.2, -0.15) is 0 Å². The van der Waals surface area contributed by atoms with Crippen LogP contribution in [-0.2, 0) is 4.79 Å². The van der Waals surface area contributed by atoms with Crippen molar-refractivity contribution < 1.29 is 14.6 Å². The normalized spacial score (nSPS) is 16.9. The van der Waals surface area contributed by atoms with Gasteiger partial charge in [-0.25, -0.2) is 4.98 Å². The molecule has 1 aliphatic rings. The molecule has 0 radical (unpaired) electrons. The molecule has 1 aliphatic heterocycles. The number of benzene rings is 2. The van der Waals surface area contributed by atoms with Gasteiger partial charge in [-0.05, 0) is 23.3 Å². The number of anilines is 1. The number of amides is 1. The summed E-state index contributed by atoms with van der Waals surface area (Å²) in [5.74, 6) is 0.265. The second-order valence-corrected chi connectivity index (χ2v) is 6.32. The van der Waals surface area contributed by atoms with E-state index in [1.807, 2.05) is 23.7 Å². The number of carbonyl (C=O) groups is 1. The Morgan fingerprint density at radius 2 is 2.22 bits per heavy atom. The maximum absolute atomic E-state index is 12.1. The van der Waals surface area contributed by atoms with Gasteiger partial charge < -0.3 is 15.2 Å². The lowest BCUT2D eigenvalue weighted by Gasteiger charge is -2.27. The summed E-state index contributed by atoms with van der Waals surface area (Å²) in [6.45, 7) is 0. The Labute approximate surface area is 136 Å². The minimum Gasteiger partial charge on any atom is -0.504 e. The first-order valence-corrected chi connectivity index (χ1v) is 8.08. The summed E-state index contributed by atoms with van der Waals surface area (Å²) in [7, 11) is 1.49. The van der Waals surface area contributed by atoms with E-state index in [0.29, 0.717) is 17.9 Å². The van der Waals surface area contributed by atoms with Crippen LogP contribution in [-0.4, -0.2) is 23.1 Å². The highest BCUT2D eigenvalue weighted by Crippen LogP contribution is 2.44. The summed E-state index contributed by atoms with van der Waals surface area (Å²) < 4.78 is 6.21. The molecular weight excluding hydrogens is 312 g/mol. The smallest absolute Gasteiger partial charge is 0.225 e. The lowest BCUT2D eigenvalue weighted by molar-refractivity contribution is -0.116. The van der Waals surface area contributed by atoms with Crippen LogP contribution in [0.15, 0.2) is 35.8 Å². The second kappa shape index (κ2) is 5.24. The average molecular weight is 326 g/mol. The number of phenols is 1. The quantitative estimate of drug-likeness (QED) is 0.707. The maximum atomic E-state index is 12.1. The van der Waals surface area contributed by atoms with Crippen LogP contribution in [0.25, 0.3) is 10.2 Å². The molecule has 1 unspecified atom stereocenters. The Bertz CT molecular complexity index is 919. The number of thiazole rings is 1. The molecule has 2 N–H and O–H groups in total. The number of aromatic nitrogens is 1. The van der Waals surface area contributed by atoms with Crippen molar-refractivity contribution in [3.05, 3.63) is 47.0 Å². The number of ether oxygens (including phenoxy) is 1. The number of aromatic hydroxyl groups is 1. The summed E-state index contributed by atoms with van der Waals surface area (Å²) in [6.07, 6.45) is 0.343. The van der Waals surface area contributed by atoms with Crippen LogP contribution in [0.2, 0.25) is 0 Å². The molecule has 5 nitrogen and oxygen atoms in total. The number of phenolic OH excluding ortho intramolecular Hbond substituents is 1. The number of nitrogens with zero attached hydrogens (tertiary/aromatic N) is 1. The van der Waals surface area contributed by atoms with Crippen molar-refractivity contribution in [3.8, 4) is 11.5 Å². The summed E-state index contributed by atoms with van der Waals surface area (Å²) in [5, 5.41) is 13.0. The molecule has 1 amide bonds. The van der Waals surface area contributed by atoms with E-state index in [0.717, 1.165) is 21.3 Å². The van der Waals surface area contributed by atoms with Gasteiger partial charge in [0.2, 0.25) is 5.91 Å². The highest BCUT2D eigenvalue weighted by atomic mass is 32.1. The van der Waals surface area contributed by atoms with Crippen molar-refractivity contribution in [2.24, 2.45) is 0 Å². The molecule has 1 aromatic heterocycles. The molecule has 3 aromatic rings. The van der Waals surface area contributed by atoms with Gasteiger partial charge in [-0.3, -0.25) is 4.79 Å². The maximum Gasteiger partial charge on any atom is 0.225 e. The van der Waals surface area contributed by atoms with Crippen LogP contribution >= 0.6 is 11.3 Å². The first-order chi connectivity index (χ1) is 11.2. The highest BCUT2D eigenvalue weighted by molar-refractivity contribution is 7.17. The first-order valence-electron chi connectivity index (χ1n) is 7.20. The highest BCUT2D eigenvalue weighted by Gasteiger charge is 2.29. The van der Waals surface area contributed by atoms with E-state index < -0.39 is 0 Å². The fourth-order valence-electron chi connectivity index (χ4n) is 3.10. The standard InChI is InChI=1S/C17H14N2O3S/c1-22-15-7-13-11(5-14(15)20)10(6-16(21)19-13)9-3-2-4-12-17(9)23-8-18-12/h2-5,7-8,10,20H,6H2,1H3,(H,19,21). The second-order valence-electron chi connectivity index (χ2n) is 5.46. The van der Waals surface area contributed by atoms with Crippen LogP contribution in [0.4, 0.5) is 5.69 Å². The van der Waals surface area contributed by atoms with E-state index in [4.69, 9.17) is 4.74 Å². The van der Waals surface area contributed by atoms with Crippen LogP contribution in [0.1, 0.15) is 23.5 Å². The van der Waals surface area contributed by atoms with E-state index in [1.165, 1.54) is 7.11 Å². The van der Waals surface area contributed by atoms with Crippen molar-refractivity contribution in [1.82, 2.24) is 4.98 Å². The van der Waals surface area contributed by atoms with Crippen molar-refractivity contribution in [2.45, 2.75) is 12.3 Å². The van der Waals surface area contributed by atoms with Gasteiger partial charge in [0.1, 0.15) is 0 Å². The number of rotatable bonds is 2. The van der Waals surface area contributed by atoms with Crippen molar-refractivity contribution >= 4 is 33.1 Å². The fraction of sp³-hybridized carbons (Fsp3) is 0.176. The summed E-state index contributed by atoms with van der Waals surface area (Å²) in [4.78, 5) is 16.5. The van der Waals surface area contributed by atoms with Crippen LogP contribution in [0, 0.1) is 0 Å². The zero-order chi connectivity index (χ0) is 16.0. The number of fused-ring (bicyclic) bond motifs is 2. The van der Waals surface area contributed by atoms with Crippen molar-refractivity contribution in [2.75, 3.05) is 12.4 Å². The van der Waals surface area contributed by atoms with Crippen LogP contribution in [0.5, 0.6) is 11.5 Å². The molecule has 116 valence electrons. The SMILES string of the molecule is COc1cc2c(cc1O)C(c1cccc3ncsc13)CC(=O)N2. The molecule has 2 heterocycles.